The molecular weight excluding hydrogens is 268 g/mol. The lowest BCUT2D eigenvalue weighted by molar-refractivity contribution is 0.102. The van der Waals surface area contributed by atoms with E-state index in [1.807, 2.05) is 6.07 Å². The molecule has 0 unspecified atom stereocenters. The zero-order valence-corrected chi connectivity index (χ0v) is 11.3. The molecule has 0 bridgehead atoms. The quantitative estimate of drug-likeness (QED) is 0.786. The second kappa shape index (κ2) is 5.49. The van der Waals surface area contributed by atoms with Gasteiger partial charge in [-0.1, -0.05) is 12.1 Å². The lowest BCUT2D eigenvalue weighted by Crippen LogP contribution is -2.12. The van der Waals surface area contributed by atoms with Gasteiger partial charge in [-0.15, -0.1) is 5.10 Å². The third-order valence-electron chi connectivity index (χ3n) is 2.92. The summed E-state index contributed by atoms with van der Waals surface area (Å²) in [7, 11) is 1.75. The van der Waals surface area contributed by atoms with Crippen LogP contribution < -0.4 is 5.32 Å². The highest BCUT2D eigenvalue weighted by Gasteiger charge is 2.10. The van der Waals surface area contributed by atoms with Crippen molar-refractivity contribution in [1.29, 1.82) is 0 Å². The van der Waals surface area contributed by atoms with Crippen LogP contribution in [0.5, 0.6) is 0 Å². The highest BCUT2D eigenvalue weighted by molar-refractivity contribution is 6.04. The number of hydrogen-bond acceptors (Lipinski definition) is 5. The number of hydrogen-bond donors (Lipinski definition) is 1. The van der Waals surface area contributed by atoms with E-state index in [1.165, 1.54) is 0 Å². The number of aromatic nitrogens is 5. The van der Waals surface area contributed by atoms with Crippen LogP contribution in [0.1, 0.15) is 10.4 Å². The summed E-state index contributed by atoms with van der Waals surface area (Å²) < 4.78 is 1.55. The van der Waals surface area contributed by atoms with Crippen LogP contribution in [-0.4, -0.2) is 31.1 Å². The van der Waals surface area contributed by atoms with Crippen LogP contribution in [-0.2, 0) is 7.05 Å². The molecule has 0 aliphatic heterocycles. The lowest BCUT2D eigenvalue weighted by Gasteiger charge is -2.06. The fourth-order valence-electron chi connectivity index (χ4n) is 1.91. The van der Waals surface area contributed by atoms with Gasteiger partial charge in [-0.3, -0.25) is 9.78 Å². The smallest absolute Gasteiger partial charge is 0.255 e. The number of anilines is 1. The van der Waals surface area contributed by atoms with Crippen molar-refractivity contribution >= 4 is 11.6 Å². The average Bonchev–Trinajstić information content (AvgIpc) is 2.94. The van der Waals surface area contributed by atoms with E-state index < -0.39 is 0 Å². The van der Waals surface area contributed by atoms with Gasteiger partial charge in [0.25, 0.3) is 5.91 Å². The SMILES string of the molecule is Cn1nnnc1-c1cccc(C(=O)Nc2cccnc2)c1. The summed E-state index contributed by atoms with van der Waals surface area (Å²) in [5.74, 6) is 0.394. The Morgan fingerprint density at radius 2 is 2.14 bits per heavy atom. The number of nitrogens with zero attached hydrogens (tertiary/aromatic N) is 5. The first-order chi connectivity index (χ1) is 10.2. The van der Waals surface area contributed by atoms with Gasteiger partial charge in [-0.25, -0.2) is 4.68 Å². The van der Waals surface area contributed by atoms with Crippen LogP contribution in [0.2, 0.25) is 0 Å². The third kappa shape index (κ3) is 2.76. The Labute approximate surface area is 120 Å². The molecule has 104 valence electrons. The van der Waals surface area contributed by atoms with Gasteiger partial charge in [0, 0.05) is 24.4 Å². The molecule has 0 saturated heterocycles. The van der Waals surface area contributed by atoms with Gasteiger partial charge >= 0.3 is 0 Å². The fourth-order valence-corrected chi connectivity index (χ4v) is 1.91. The van der Waals surface area contributed by atoms with Crippen LogP contribution >= 0.6 is 0 Å². The Balaban J connectivity index is 1.86. The van der Waals surface area contributed by atoms with E-state index in [0.29, 0.717) is 17.1 Å². The van der Waals surface area contributed by atoms with Crippen molar-refractivity contribution in [2.24, 2.45) is 7.05 Å². The summed E-state index contributed by atoms with van der Waals surface area (Å²) in [6.45, 7) is 0. The predicted octanol–water partition coefficient (Wildman–Crippen LogP) is 1.52. The predicted molar refractivity (Wildman–Crippen MR) is 76.4 cm³/mol. The summed E-state index contributed by atoms with van der Waals surface area (Å²) in [4.78, 5) is 16.2. The highest BCUT2D eigenvalue weighted by atomic mass is 16.1. The van der Waals surface area contributed by atoms with Gasteiger partial charge < -0.3 is 5.32 Å². The molecule has 1 amide bonds. The number of aryl methyl sites for hydroxylation is 1. The topological polar surface area (TPSA) is 85.6 Å². The molecule has 0 atom stereocenters. The van der Waals surface area contributed by atoms with Gasteiger partial charge in [-0.2, -0.15) is 0 Å². The first-order valence-electron chi connectivity index (χ1n) is 6.28. The molecule has 3 rings (SSSR count). The van der Waals surface area contributed by atoms with E-state index in [0.717, 1.165) is 5.56 Å². The van der Waals surface area contributed by atoms with Crippen molar-refractivity contribution in [1.82, 2.24) is 25.2 Å². The van der Waals surface area contributed by atoms with Gasteiger partial charge in [0.05, 0.1) is 11.9 Å². The average molecular weight is 280 g/mol. The van der Waals surface area contributed by atoms with Crippen LogP contribution in [0.3, 0.4) is 0 Å². The molecule has 7 heteroatoms. The lowest BCUT2D eigenvalue weighted by atomic mass is 10.1. The number of carbonyl (C=O) groups excluding carboxylic acids is 1. The normalized spacial score (nSPS) is 10.3. The van der Waals surface area contributed by atoms with Crippen molar-refractivity contribution in [3.05, 3.63) is 54.4 Å². The minimum Gasteiger partial charge on any atom is -0.321 e. The monoisotopic (exact) mass is 280 g/mol. The number of nitrogens with one attached hydrogen (secondary N) is 1. The maximum absolute atomic E-state index is 12.2. The molecule has 0 aliphatic carbocycles. The minimum atomic E-state index is -0.208. The molecule has 21 heavy (non-hydrogen) atoms. The first kappa shape index (κ1) is 12.9. The Hall–Kier alpha value is -3.09. The standard InChI is InChI=1S/C14H12N6O/c1-20-13(17-18-19-20)10-4-2-5-11(8-10)14(21)16-12-6-3-7-15-9-12/h2-9H,1H3,(H,16,21). The van der Waals surface area contributed by atoms with Crippen LogP contribution in [0.15, 0.2) is 48.8 Å². The summed E-state index contributed by atoms with van der Waals surface area (Å²) >= 11 is 0. The largest absolute Gasteiger partial charge is 0.321 e. The molecule has 0 saturated carbocycles. The summed E-state index contributed by atoms with van der Waals surface area (Å²) in [6.07, 6.45) is 3.24. The second-order valence-electron chi connectivity index (χ2n) is 4.40. The summed E-state index contributed by atoms with van der Waals surface area (Å²) in [5, 5.41) is 14.1. The number of tetrazole rings is 1. The van der Waals surface area contributed by atoms with E-state index in [4.69, 9.17) is 0 Å². The van der Waals surface area contributed by atoms with E-state index in [-0.39, 0.29) is 5.91 Å². The zero-order chi connectivity index (χ0) is 14.7. The molecule has 2 heterocycles. The van der Waals surface area contributed by atoms with Gasteiger partial charge in [-0.05, 0) is 34.7 Å². The van der Waals surface area contributed by atoms with E-state index in [9.17, 15) is 4.79 Å². The van der Waals surface area contributed by atoms with Crippen molar-refractivity contribution in [2.45, 2.75) is 0 Å². The third-order valence-corrected chi connectivity index (χ3v) is 2.92. The summed E-state index contributed by atoms with van der Waals surface area (Å²) in [6, 6.07) is 10.7. The number of rotatable bonds is 3. The maximum Gasteiger partial charge on any atom is 0.255 e. The van der Waals surface area contributed by atoms with Crippen LogP contribution in [0.4, 0.5) is 5.69 Å². The van der Waals surface area contributed by atoms with Crippen molar-refractivity contribution in [3.63, 3.8) is 0 Å². The summed E-state index contributed by atoms with van der Waals surface area (Å²) in [5.41, 5.74) is 1.95. The van der Waals surface area contributed by atoms with E-state index in [2.05, 4.69) is 25.8 Å². The highest BCUT2D eigenvalue weighted by Crippen LogP contribution is 2.17. The van der Waals surface area contributed by atoms with Crippen molar-refractivity contribution in [3.8, 4) is 11.4 Å². The molecule has 1 N–H and O–H groups in total. The number of pyridine rings is 1. The molecule has 2 aromatic heterocycles. The Morgan fingerprint density at radius 1 is 1.24 bits per heavy atom. The van der Waals surface area contributed by atoms with Crippen LogP contribution in [0, 0.1) is 0 Å². The molecule has 0 spiro atoms. The van der Waals surface area contributed by atoms with E-state index in [1.54, 1.807) is 54.5 Å². The van der Waals surface area contributed by atoms with Crippen molar-refractivity contribution < 1.29 is 4.79 Å². The minimum absolute atomic E-state index is 0.208. The molecule has 1 aromatic carbocycles. The maximum atomic E-state index is 12.2. The van der Waals surface area contributed by atoms with Gasteiger partial charge in [0.1, 0.15) is 0 Å². The van der Waals surface area contributed by atoms with Crippen LogP contribution in [0.25, 0.3) is 11.4 Å². The van der Waals surface area contributed by atoms with Gasteiger partial charge in [0.15, 0.2) is 5.82 Å². The van der Waals surface area contributed by atoms with Crippen molar-refractivity contribution in [2.75, 3.05) is 5.32 Å². The molecule has 0 fully saturated rings. The Bertz CT molecular complexity index is 768. The Morgan fingerprint density at radius 3 is 2.86 bits per heavy atom. The zero-order valence-electron chi connectivity index (χ0n) is 11.3. The van der Waals surface area contributed by atoms with Gasteiger partial charge in [0.2, 0.25) is 0 Å². The Kier molecular flexibility index (Phi) is 3.38. The molecule has 7 nitrogen and oxygen atoms in total. The first-order valence-corrected chi connectivity index (χ1v) is 6.28. The molecule has 3 aromatic rings. The number of benzene rings is 1. The molecule has 0 radical (unpaired) electrons. The second-order valence-corrected chi connectivity index (χ2v) is 4.40. The van der Waals surface area contributed by atoms with E-state index >= 15 is 0 Å². The number of carbonyl (C=O) groups is 1. The number of amides is 1. The fraction of sp³-hybridized carbons (Fsp3) is 0.0714. The molecule has 0 aliphatic rings. The molecular formula is C14H12N6O.